The summed E-state index contributed by atoms with van der Waals surface area (Å²) in [6, 6.07) is 10.9. The van der Waals surface area contributed by atoms with Crippen molar-refractivity contribution in [3.63, 3.8) is 0 Å². The van der Waals surface area contributed by atoms with Gasteiger partial charge in [0.15, 0.2) is 0 Å². The number of rotatable bonds is 4. The van der Waals surface area contributed by atoms with Crippen LogP contribution in [0.15, 0.2) is 47.1 Å². The van der Waals surface area contributed by atoms with Gasteiger partial charge in [0.25, 0.3) is 5.91 Å². The molecule has 1 amide bonds. The van der Waals surface area contributed by atoms with Gasteiger partial charge in [0.05, 0.1) is 12.9 Å². The first-order chi connectivity index (χ1) is 11.6. The van der Waals surface area contributed by atoms with Crippen molar-refractivity contribution < 1.29 is 18.7 Å². The number of hydrogen-bond acceptors (Lipinski definition) is 4. The fourth-order valence-corrected chi connectivity index (χ4v) is 3.02. The summed E-state index contributed by atoms with van der Waals surface area (Å²) in [5.41, 5.74) is 1.16. The molecule has 0 aliphatic carbocycles. The Morgan fingerprint density at radius 3 is 2.75 bits per heavy atom. The first kappa shape index (κ1) is 16.3. The first-order valence-corrected chi connectivity index (χ1v) is 8.20. The van der Waals surface area contributed by atoms with Crippen molar-refractivity contribution in [2.24, 2.45) is 5.92 Å². The minimum atomic E-state index is -0.368. The van der Waals surface area contributed by atoms with Gasteiger partial charge in [-0.2, -0.15) is 0 Å². The number of likely N-dealkylation sites (tertiary alicyclic amines) is 1. The van der Waals surface area contributed by atoms with Crippen LogP contribution in [0.4, 0.5) is 0 Å². The Hall–Kier alpha value is -2.56. The van der Waals surface area contributed by atoms with Crippen LogP contribution in [0.5, 0.6) is 0 Å². The van der Waals surface area contributed by atoms with Crippen molar-refractivity contribution in [3.05, 3.63) is 59.5 Å². The lowest BCUT2D eigenvalue weighted by atomic mass is 9.98. The molecule has 126 valence electrons. The number of ether oxygens (including phenoxy) is 1. The maximum atomic E-state index is 12.5. The average molecular weight is 327 g/mol. The van der Waals surface area contributed by atoms with E-state index in [1.54, 1.807) is 13.0 Å². The van der Waals surface area contributed by atoms with Gasteiger partial charge in [-0.15, -0.1) is 0 Å². The predicted molar refractivity (Wildman–Crippen MR) is 88.8 cm³/mol. The minimum absolute atomic E-state index is 0.0392. The highest BCUT2D eigenvalue weighted by molar-refractivity contribution is 5.94. The number of carbonyl (C=O) groups excluding carboxylic acids is 2. The molecule has 0 radical (unpaired) electrons. The monoisotopic (exact) mass is 327 g/mol. The van der Waals surface area contributed by atoms with Crippen molar-refractivity contribution >= 4 is 11.9 Å². The third-order valence-corrected chi connectivity index (χ3v) is 4.36. The highest BCUT2D eigenvalue weighted by Crippen LogP contribution is 2.20. The molecule has 1 atom stereocenters. The van der Waals surface area contributed by atoms with Gasteiger partial charge >= 0.3 is 5.97 Å². The summed E-state index contributed by atoms with van der Waals surface area (Å²) in [6.45, 7) is 3.42. The molecule has 1 aromatic heterocycles. The largest absolute Gasteiger partial charge is 0.469 e. The van der Waals surface area contributed by atoms with E-state index in [4.69, 9.17) is 9.15 Å². The fraction of sp³-hybridized carbons (Fsp3) is 0.368. The van der Waals surface area contributed by atoms with Gasteiger partial charge in [-0.1, -0.05) is 18.2 Å². The quantitative estimate of drug-likeness (QED) is 0.809. The molecule has 0 N–H and O–H groups in total. The summed E-state index contributed by atoms with van der Waals surface area (Å²) in [6.07, 6.45) is 3.36. The van der Waals surface area contributed by atoms with E-state index in [1.807, 2.05) is 35.2 Å². The summed E-state index contributed by atoms with van der Waals surface area (Å²) in [5, 5.41) is 0. The number of aryl methyl sites for hydroxylation is 1. The number of esters is 1. The maximum absolute atomic E-state index is 12.5. The summed E-state index contributed by atoms with van der Waals surface area (Å²) in [5.74, 6) is 0.400. The Balaban J connectivity index is 1.55. The van der Waals surface area contributed by atoms with Crippen LogP contribution in [-0.4, -0.2) is 36.5 Å². The second-order valence-electron chi connectivity index (χ2n) is 6.11. The van der Waals surface area contributed by atoms with Crippen molar-refractivity contribution in [1.29, 1.82) is 0 Å². The van der Waals surface area contributed by atoms with Crippen molar-refractivity contribution in [2.75, 3.05) is 19.7 Å². The van der Waals surface area contributed by atoms with E-state index in [1.165, 1.54) is 6.26 Å². The molecule has 1 fully saturated rings. The Morgan fingerprint density at radius 2 is 2.04 bits per heavy atom. The summed E-state index contributed by atoms with van der Waals surface area (Å²) >= 11 is 0. The van der Waals surface area contributed by atoms with Crippen LogP contribution in [0.3, 0.4) is 0 Å². The van der Waals surface area contributed by atoms with Crippen molar-refractivity contribution in [3.8, 4) is 0 Å². The minimum Gasteiger partial charge on any atom is -0.469 e. The molecule has 2 aromatic rings. The number of nitrogens with zero attached hydrogens (tertiary/aromatic N) is 1. The normalized spacial score (nSPS) is 17.5. The summed E-state index contributed by atoms with van der Waals surface area (Å²) in [7, 11) is 0. The number of furan rings is 1. The Bertz CT molecular complexity index is 707. The van der Waals surface area contributed by atoms with Gasteiger partial charge in [-0.05, 0) is 38.0 Å². The van der Waals surface area contributed by atoms with Crippen LogP contribution in [-0.2, 0) is 4.74 Å². The van der Waals surface area contributed by atoms with Crippen LogP contribution in [0.25, 0.3) is 0 Å². The standard InChI is InChI=1S/C19H21NO4/c1-14-17(9-11-23-14)19(22)24-13-15-6-5-10-20(12-15)18(21)16-7-3-2-4-8-16/h2-4,7-9,11,15H,5-6,10,12-13H2,1H3/t15-/m0/s1. The van der Waals surface area contributed by atoms with Crippen LogP contribution in [0.1, 0.15) is 39.3 Å². The molecule has 0 saturated carbocycles. The van der Waals surface area contributed by atoms with E-state index >= 15 is 0 Å². The number of piperidine rings is 1. The number of carbonyl (C=O) groups is 2. The Morgan fingerprint density at radius 1 is 1.25 bits per heavy atom. The lowest BCUT2D eigenvalue weighted by Gasteiger charge is -2.32. The number of benzene rings is 1. The number of amides is 1. The smallest absolute Gasteiger partial charge is 0.341 e. The molecule has 0 spiro atoms. The molecule has 0 bridgehead atoms. The fourth-order valence-electron chi connectivity index (χ4n) is 3.02. The van der Waals surface area contributed by atoms with E-state index in [2.05, 4.69) is 0 Å². The van der Waals surface area contributed by atoms with Crippen molar-refractivity contribution in [2.45, 2.75) is 19.8 Å². The third-order valence-electron chi connectivity index (χ3n) is 4.36. The van der Waals surface area contributed by atoms with Gasteiger partial charge in [0.1, 0.15) is 11.3 Å². The van der Waals surface area contributed by atoms with Gasteiger partial charge in [-0.3, -0.25) is 4.79 Å². The maximum Gasteiger partial charge on any atom is 0.341 e. The molecular weight excluding hydrogens is 306 g/mol. The molecule has 1 saturated heterocycles. The number of hydrogen-bond donors (Lipinski definition) is 0. The zero-order chi connectivity index (χ0) is 16.9. The lowest BCUT2D eigenvalue weighted by Crippen LogP contribution is -2.41. The van der Waals surface area contributed by atoms with Gasteiger partial charge in [0, 0.05) is 24.6 Å². The highest BCUT2D eigenvalue weighted by Gasteiger charge is 2.25. The zero-order valence-corrected chi connectivity index (χ0v) is 13.7. The van der Waals surface area contributed by atoms with Crippen LogP contribution in [0.2, 0.25) is 0 Å². The predicted octanol–water partition coefficient (Wildman–Crippen LogP) is 3.30. The molecule has 1 aliphatic rings. The van der Waals surface area contributed by atoms with E-state index in [-0.39, 0.29) is 17.8 Å². The van der Waals surface area contributed by atoms with Crippen LogP contribution in [0, 0.1) is 12.8 Å². The SMILES string of the molecule is Cc1occc1C(=O)OC[C@H]1CCCN(C(=O)c2ccccc2)C1. The van der Waals surface area contributed by atoms with Gasteiger partial charge in [0.2, 0.25) is 0 Å². The molecule has 2 heterocycles. The first-order valence-electron chi connectivity index (χ1n) is 8.20. The Kier molecular flexibility index (Phi) is 4.99. The van der Waals surface area contributed by atoms with Crippen molar-refractivity contribution in [1.82, 2.24) is 4.90 Å². The zero-order valence-electron chi connectivity index (χ0n) is 13.7. The molecule has 24 heavy (non-hydrogen) atoms. The Labute approximate surface area is 141 Å². The molecule has 1 aliphatic heterocycles. The molecule has 1 aromatic carbocycles. The molecular formula is C19H21NO4. The lowest BCUT2D eigenvalue weighted by molar-refractivity contribution is 0.0341. The summed E-state index contributed by atoms with van der Waals surface area (Å²) in [4.78, 5) is 26.4. The third kappa shape index (κ3) is 3.67. The van der Waals surface area contributed by atoms with Crippen LogP contribution >= 0.6 is 0 Å². The highest BCUT2D eigenvalue weighted by atomic mass is 16.5. The summed E-state index contributed by atoms with van der Waals surface area (Å²) < 4.78 is 10.5. The molecule has 5 nitrogen and oxygen atoms in total. The second kappa shape index (κ2) is 7.34. The van der Waals surface area contributed by atoms with E-state index < -0.39 is 0 Å². The molecule has 3 rings (SSSR count). The second-order valence-corrected chi connectivity index (χ2v) is 6.11. The average Bonchev–Trinajstić information content (AvgIpc) is 3.06. The molecule has 5 heteroatoms. The van der Waals surface area contributed by atoms with Crippen LogP contribution < -0.4 is 0 Å². The molecule has 0 unspecified atom stereocenters. The van der Waals surface area contributed by atoms with E-state index in [9.17, 15) is 9.59 Å². The topological polar surface area (TPSA) is 59.8 Å². The van der Waals surface area contributed by atoms with E-state index in [0.29, 0.717) is 30.0 Å². The van der Waals surface area contributed by atoms with Gasteiger partial charge < -0.3 is 14.1 Å². The van der Waals surface area contributed by atoms with Gasteiger partial charge in [-0.25, -0.2) is 4.79 Å². The van der Waals surface area contributed by atoms with E-state index in [0.717, 1.165) is 19.4 Å².